The summed E-state index contributed by atoms with van der Waals surface area (Å²) in [5.41, 5.74) is 0.893. The third-order valence-corrected chi connectivity index (χ3v) is 1.95. The molecule has 4 nitrogen and oxygen atoms in total. The van der Waals surface area contributed by atoms with Crippen molar-refractivity contribution in [2.24, 2.45) is 13.0 Å². The van der Waals surface area contributed by atoms with Crippen LogP contribution in [0.3, 0.4) is 0 Å². The number of ketones is 1. The molecule has 0 atom stereocenters. The van der Waals surface area contributed by atoms with E-state index in [0.717, 1.165) is 5.69 Å². The molecular formula is C10H17N3O. The molecule has 0 N–H and O–H groups in total. The molecule has 0 aromatic carbocycles. The Labute approximate surface area is 84.3 Å². The van der Waals surface area contributed by atoms with Crippen molar-refractivity contribution in [3.05, 3.63) is 11.9 Å². The van der Waals surface area contributed by atoms with Crippen molar-refractivity contribution in [2.45, 2.75) is 33.1 Å². The summed E-state index contributed by atoms with van der Waals surface area (Å²) in [5, 5.41) is 7.74. The molecule has 0 bridgehead atoms. The highest BCUT2D eigenvalue weighted by molar-refractivity contribution is 5.78. The molecule has 0 amide bonds. The first-order valence-corrected chi connectivity index (χ1v) is 4.95. The Balaban J connectivity index is 2.30. The largest absolute Gasteiger partial charge is 0.300 e. The molecular weight excluding hydrogens is 178 g/mol. The average Bonchev–Trinajstić information content (AvgIpc) is 2.47. The van der Waals surface area contributed by atoms with Crippen molar-refractivity contribution < 1.29 is 4.79 Å². The van der Waals surface area contributed by atoms with Gasteiger partial charge in [-0.2, -0.15) is 0 Å². The molecule has 78 valence electrons. The van der Waals surface area contributed by atoms with Gasteiger partial charge in [0.25, 0.3) is 0 Å². The van der Waals surface area contributed by atoms with Gasteiger partial charge in [0.1, 0.15) is 5.78 Å². The molecule has 4 heteroatoms. The van der Waals surface area contributed by atoms with Gasteiger partial charge in [0.05, 0.1) is 5.69 Å². The molecule has 0 fully saturated rings. The van der Waals surface area contributed by atoms with E-state index in [0.29, 0.717) is 31.0 Å². The van der Waals surface area contributed by atoms with Crippen molar-refractivity contribution in [2.75, 3.05) is 0 Å². The number of aryl methyl sites for hydroxylation is 2. The van der Waals surface area contributed by atoms with Crippen LogP contribution in [0.4, 0.5) is 0 Å². The van der Waals surface area contributed by atoms with Crippen LogP contribution in [-0.2, 0) is 18.3 Å². The minimum atomic E-state index is 0.311. The maximum atomic E-state index is 11.4. The molecule has 0 saturated heterocycles. The normalized spacial score (nSPS) is 10.9. The molecule has 1 rings (SSSR count). The summed E-state index contributed by atoms with van der Waals surface area (Å²) < 4.78 is 1.66. The van der Waals surface area contributed by atoms with Crippen molar-refractivity contribution in [3.8, 4) is 0 Å². The van der Waals surface area contributed by atoms with E-state index in [9.17, 15) is 4.79 Å². The number of aromatic nitrogens is 3. The quantitative estimate of drug-likeness (QED) is 0.712. The minimum Gasteiger partial charge on any atom is -0.300 e. The Hall–Kier alpha value is -1.19. The molecule has 0 spiro atoms. The van der Waals surface area contributed by atoms with Crippen LogP contribution in [0.5, 0.6) is 0 Å². The van der Waals surface area contributed by atoms with E-state index < -0.39 is 0 Å². The lowest BCUT2D eigenvalue weighted by atomic mass is 10.0. The van der Waals surface area contributed by atoms with Crippen molar-refractivity contribution in [1.29, 1.82) is 0 Å². The minimum absolute atomic E-state index is 0.311. The van der Waals surface area contributed by atoms with Crippen LogP contribution in [0.15, 0.2) is 6.20 Å². The summed E-state index contributed by atoms with van der Waals surface area (Å²) in [5.74, 6) is 0.759. The molecule has 1 heterocycles. The average molecular weight is 195 g/mol. The first-order chi connectivity index (χ1) is 6.58. The highest BCUT2D eigenvalue weighted by atomic mass is 16.1. The van der Waals surface area contributed by atoms with Gasteiger partial charge in [-0.05, 0) is 12.3 Å². The number of nitrogens with zero attached hydrogens (tertiary/aromatic N) is 3. The van der Waals surface area contributed by atoms with E-state index in [1.54, 1.807) is 4.68 Å². The fourth-order valence-electron chi connectivity index (χ4n) is 1.33. The van der Waals surface area contributed by atoms with Crippen molar-refractivity contribution >= 4 is 5.78 Å². The van der Waals surface area contributed by atoms with Crippen LogP contribution in [-0.4, -0.2) is 20.8 Å². The highest BCUT2D eigenvalue weighted by Gasteiger charge is 2.06. The second-order valence-corrected chi connectivity index (χ2v) is 4.02. The molecule has 0 aliphatic heterocycles. The zero-order valence-corrected chi connectivity index (χ0v) is 9.03. The monoisotopic (exact) mass is 195 g/mol. The van der Waals surface area contributed by atoms with E-state index in [1.807, 2.05) is 13.2 Å². The van der Waals surface area contributed by atoms with Crippen LogP contribution in [0.1, 0.15) is 32.4 Å². The molecule has 1 aromatic rings. The van der Waals surface area contributed by atoms with Gasteiger partial charge in [-0.25, -0.2) is 0 Å². The van der Waals surface area contributed by atoms with E-state index in [4.69, 9.17) is 0 Å². The predicted octanol–water partition coefficient (Wildman–Crippen LogP) is 1.36. The zero-order chi connectivity index (χ0) is 10.6. The van der Waals surface area contributed by atoms with Crippen LogP contribution >= 0.6 is 0 Å². The second-order valence-electron chi connectivity index (χ2n) is 4.02. The molecule has 1 aromatic heterocycles. The zero-order valence-electron chi connectivity index (χ0n) is 9.03. The number of carbonyl (C=O) groups excluding carboxylic acids is 1. The van der Waals surface area contributed by atoms with Gasteiger partial charge < -0.3 is 0 Å². The van der Waals surface area contributed by atoms with Gasteiger partial charge in [0, 0.05) is 26.1 Å². The lowest BCUT2D eigenvalue weighted by Gasteiger charge is -2.01. The summed E-state index contributed by atoms with van der Waals surface area (Å²) in [7, 11) is 1.83. The Kier molecular flexibility index (Phi) is 3.80. The first kappa shape index (κ1) is 10.9. The van der Waals surface area contributed by atoms with E-state index >= 15 is 0 Å². The fourth-order valence-corrected chi connectivity index (χ4v) is 1.33. The Morgan fingerprint density at radius 3 is 2.79 bits per heavy atom. The SMILES string of the molecule is CC(C)CC(=O)CCc1cn(C)nn1. The summed E-state index contributed by atoms with van der Waals surface area (Å²) in [6, 6.07) is 0. The summed E-state index contributed by atoms with van der Waals surface area (Å²) in [6.45, 7) is 4.11. The molecule has 0 saturated carbocycles. The Bertz CT molecular complexity index is 304. The second kappa shape index (κ2) is 4.88. The molecule has 0 unspecified atom stereocenters. The van der Waals surface area contributed by atoms with Crippen LogP contribution < -0.4 is 0 Å². The molecule has 0 aliphatic rings. The summed E-state index contributed by atoms with van der Waals surface area (Å²) >= 11 is 0. The Morgan fingerprint density at radius 2 is 2.29 bits per heavy atom. The summed E-state index contributed by atoms with van der Waals surface area (Å²) in [6.07, 6.45) is 3.80. The summed E-state index contributed by atoms with van der Waals surface area (Å²) in [4.78, 5) is 11.4. The van der Waals surface area contributed by atoms with Gasteiger partial charge in [0.2, 0.25) is 0 Å². The van der Waals surface area contributed by atoms with Crippen molar-refractivity contribution in [3.63, 3.8) is 0 Å². The van der Waals surface area contributed by atoms with Crippen LogP contribution in [0.25, 0.3) is 0 Å². The number of Topliss-reactive ketones (excluding diaryl/α,β-unsaturated/α-hetero) is 1. The molecule has 14 heavy (non-hydrogen) atoms. The maximum absolute atomic E-state index is 11.4. The van der Waals surface area contributed by atoms with Gasteiger partial charge in [-0.3, -0.25) is 9.48 Å². The third kappa shape index (κ3) is 3.68. The third-order valence-electron chi connectivity index (χ3n) is 1.95. The highest BCUT2D eigenvalue weighted by Crippen LogP contribution is 2.05. The smallest absolute Gasteiger partial charge is 0.133 e. The van der Waals surface area contributed by atoms with E-state index in [2.05, 4.69) is 24.2 Å². The predicted molar refractivity (Wildman–Crippen MR) is 53.8 cm³/mol. The number of hydrogen-bond donors (Lipinski definition) is 0. The topological polar surface area (TPSA) is 47.8 Å². The van der Waals surface area contributed by atoms with Crippen LogP contribution in [0.2, 0.25) is 0 Å². The fraction of sp³-hybridized carbons (Fsp3) is 0.700. The standard InChI is InChI=1S/C10H17N3O/c1-8(2)6-10(14)5-4-9-7-13(3)12-11-9/h7-8H,4-6H2,1-3H3. The van der Waals surface area contributed by atoms with Gasteiger partial charge >= 0.3 is 0 Å². The number of carbonyl (C=O) groups is 1. The van der Waals surface area contributed by atoms with Gasteiger partial charge in [-0.15, -0.1) is 5.10 Å². The van der Waals surface area contributed by atoms with Gasteiger partial charge in [0.15, 0.2) is 0 Å². The number of rotatable bonds is 5. The lowest BCUT2D eigenvalue weighted by molar-refractivity contribution is -0.119. The lowest BCUT2D eigenvalue weighted by Crippen LogP contribution is -2.04. The molecule has 0 aliphatic carbocycles. The number of hydrogen-bond acceptors (Lipinski definition) is 3. The van der Waals surface area contributed by atoms with E-state index in [-0.39, 0.29) is 0 Å². The first-order valence-electron chi connectivity index (χ1n) is 4.95. The maximum Gasteiger partial charge on any atom is 0.133 e. The van der Waals surface area contributed by atoms with Crippen LogP contribution in [0, 0.1) is 5.92 Å². The molecule has 0 radical (unpaired) electrons. The van der Waals surface area contributed by atoms with Gasteiger partial charge in [-0.1, -0.05) is 19.1 Å². The Morgan fingerprint density at radius 1 is 1.57 bits per heavy atom. The van der Waals surface area contributed by atoms with E-state index in [1.165, 1.54) is 0 Å². The van der Waals surface area contributed by atoms with Crippen molar-refractivity contribution in [1.82, 2.24) is 15.0 Å².